The second-order valence-electron chi connectivity index (χ2n) is 5.75. The van der Waals surface area contributed by atoms with Crippen LogP contribution in [0.1, 0.15) is 52.9 Å². The van der Waals surface area contributed by atoms with Gasteiger partial charge in [-0.05, 0) is 50.4 Å². The number of aliphatic hydroxyl groups excluding tert-OH is 1. The molecule has 1 aliphatic rings. The summed E-state index contributed by atoms with van der Waals surface area (Å²) in [6.45, 7) is 8.35. The fourth-order valence-electron chi connectivity index (χ4n) is 2.39. The second-order valence-corrected chi connectivity index (χ2v) is 5.75. The first kappa shape index (κ1) is 13.0. The Bertz CT molecular complexity index is 175. The van der Waals surface area contributed by atoms with E-state index in [-0.39, 0.29) is 0 Å². The highest BCUT2D eigenvalue weighted by Gasteiger charge is 2.42. The fourth-order valence-corrected chi connectivity index (χ4v) is 2.39. The summed E-state index contributed by atoms with van der Waals surface area (Å²) in [5.74, 6) is 0.821. The molecule has 1 saturated carbocycles. The van der Waals surface area contributed by atoms with E-state index in [4.69, 9.17) is 5.11 Å². The fraction of sp³-hybridized carbons (Fsp3) is 1.00. The third-order valence-corrected chi connectivity index (χ3v) is 3.42. The molecule has 2 heteroatoms. The Labute approximate surface area is 94.5 Å². The molecule has 1 unspecified atom stereocenters. The van der Waals surface area contributed by atoms with Crippen molar-refractivity contribution in [3.05, 3.63) is 0 Å². The molecule has 0 aromatic heterocycles. The van der Waals surface area contributed by atoms with E-state index in [0.29, 0.717) is 18.1 Å². The van der Waals surface area contributed by atoms with Crippen molar-refractivity contribution >= 4 is 0 Å². The zero-order valence-corrected chi connectivity index (χ0v) is 10.6. The summed E-state index contributed by atoms with van der Waals surface area (Å²) in [6.07, 6.45) is 6.20. The van der Waals surface area contributed by atoms with E-state index in [0.717, 1.165) is 18.8 Å². The van der Waals surface area contributed by atoms with Crippen LogP contribution in [0.25, 0.3) is 0 Å². The SMILES string of the molecule is CC(C)CC1(CNC(C)CCCO)CC1. The maximum atomic E-state index is 8.75. The quantitative estimate of drug-likeness (QED) is 0.649. The molecule has 1 rings (SSSR count). The summed E-state index contributed by atoms with van der Waals surface area (Å²) in [7, 11) is 0. The third kappa shape index (κ3) is 4.98. The highest BCUT2D eigenvalue weighted by Crippen LogP contribution is 2.50. The molecule has 1 aliphatic carbocycles. The maximum absolute atomic E-state index is 8.75. The Kier molecular flexibility index (Phi) is 5.07. The molecule has 0 heterocycles. The molecule has 1 fully saturated rings. The molecule has 15 heavy (non-hydrogen) atoms. The minimum Gasteiger partial charge on any atom is -0.396 e. The minimum atomic E-state index is 0.323. The molecule has 0 spiro atoms. The van der Waals surface area contributed by atoms with Crippen LogP contribution in [0, 0.1) is 11.3 Å². The first-order chi connectivity index (χ1) is 7.08. The number of nitrogens with one attached hydrogen (secondary N) is 1. The van der Waals surface area contributed by atoms with Crippen LogP contribution in [-0.2, 0) is 0 Å². The number of hydrogen-bond acceptors (Lipinski definition) is 2. The molecule has 2 N–H and O–H groups in total. The van der Waals surface area contributed by atoms with Gasteiger partial charge in [-0.1, -0.05) is 13.8 Å². The monoisotopic (exact) mass is 213 g/mol. The lowest BCUT2D eigenvalue weighted by molar-refractivity contribution is 0.272. The zero-order chi connectivity index (χ0) is 11.3. The van der Waals surface area contributed by atoms with E-state index in [1.165, 1.54) is 25.8 Å². The normalized spacial score (nSPS) is 20.6. The predicted molar refractivity (Wildman–Crippen MR) is 64.9 cm³/mol. The maximum Gasteiger partial charge on any atom is 0.0431 e. The molecular formula is C13H27NO. The smallest absolute Gasteiger partial charge is 0.0431 e. The van der Waals surface area contributed by atoms with Crippen LogP contribution < -0.4 is 5.32 Å². The first-order valence-electron chi connectivity index (χ1n) is 6.42. The molecule has 0 aromatic carbocycles. The molecule has 0 aliphatic heterocycles. The Morgan fingerprint density at radius 2 is 1.93 bits per heavy atom. The molecule has 90 valence electrons. The van der Waals surface area contributed by atoms with Crippen LogP contribution in [0.3, 0.4) is 0 Å². The van der Waals surface area contributed by atoms with Crippen molar-refractivity contribution in [1.82, 2.24) is 5.32 Å². The van der Waals surface area contributed by atoms with Crippen LogP contribution in [0.2, 0.25) is 0 Å². The van der Waals surface area contributed by atoms with Crippen LogP contribution in [0.5, 0.6) is 0 Å². The summed E-state index contributed by atoms with van der Waals surface area (Å²) >= 11 is 0. The molecular weight excluding hydrogens is 186 g/mol. The number of aliphatic hydroxyl groups is 1. The van der Waals surface area contributed by atoms with Gasteiger partial charge in [0.1, 0.15) is 0 Å². The van der Waals surface area contributed by atoms with E-state index >= 15 is 0 Å². The highest BCUT2D eigenvalue weighted by molar-refractivity contribution is 4.95. The van der Waals surface area contributed by atoms with Crippen molar-refractivity contribution in [1.29, 1.82) is 0 Å². The van der Waals surface area contributed by atoms with Crippen molar-refractivity contribution in [2.75, 3.05) is 13.2 Å². The van der Waals surface area contributed by atoms with Crippen LogP contribution >= 0.6 is 0 Å². The number of hydrogen-bond donors (Lipinski definition) is 2. The van der Waals surface area contributed by atoms with Gasteiger partial charge in [-0.3, -0.25) is 0 Å². The lowest BCUT2D eigenvalue weighted by atomic mass is 9.94. The minimum absolute atomic E-state index is 0.323. The van der Waals surface area contributed by atoms with Gasteiger partial charge in [0.25, 0.3) is 0 Å². The van der Waals surface area contributed by atoms with Gasteiger partial charge in [0.2, 0.25) is 0 Å². The van der Waals surface area contributed by atoms with Gasteiger partial charge in [0.15, 0.2) is 0 Å². The summed E-state index contributed by atoms with van der Waals surface area (Å²) in [5.41, 5.74) is 0.627. The van der Waals surface area contributed by atoms with Crippen LogP contribution in [0.15, 0.2) is 0 Å². The lowest BCUT2D eigenvalue weighted by Crippen LogP contribution is -2.32. The van der Waals surface area contributed by atoms with Gasteiger partial charge in [-0.2, -0.15) is 0 Å². The van der Waals surface area contributed by atoms with Crippen molar-refractivity contribution in [2.45, 2.75) is 58.9 Å². The first-order valence-corrected chi connectivity index (χ1v) is 6.42. The van der Waals surface area contributed by atoms with Crippen molar-refractivity contribution < 1.29 is 5.11 Å². The molecule has 0 amide bonds. The number of rotatable bonds is 8. The predicted octanol–water partition coefficient (Wildman–Crippen LogP) is 2.56. The second kappa shape index (κ2) is 5.86. The molecule has 0 bridgehead atoms. The largest absolute Gasteiger partial charge is 0.396 e. The van der Waals surface area contributed by atoms with Gasteiger partial charge in [-0.25, -0.2) is 0 Å². The molecule has 0 saturated heterocycles. The van der Waals surface area contributed by atoms with Gasteiger partial charge < -0.3 is 10.4 Å². The van der Waals surface area contributed by atoms with Gasteiger partial charge in [-0.15, -0.1) is 0 Å². The Hall–Kier alpha value is -0.0800. The highest BCUT2D eigenvalue weighted by atomic mass is 16.2. The van der Waals surface area contributed by atoms with Crippen molar-refractivity contribution in [3.63, 3.8) is 0 Å². The van der Waals surface area contributed by atoms with Gasteiger partial charge >= 0.3 is 0 Å². The van der Waals surface area contributed by atoms with E-state index < -0.39 is 0 Å². The molecule has 0 radical (unpaired) electrons. The van der Waals surface area contributed by atoms with Crippen molar-refractivity contribution in [3.8, 4) is 0 Å². The topological polar surface area (TPSA) is 32.3 Å². The average Bonchev–Trinajstić information content (AvgIpc) is 2.91. The zero-order valence-electron chi connectivity index (χ0n) is 10.6. The summed E-state index contributed by atoms with van der Waals surface area (Å²) in [5, 5.41) is 12.4. The standard InChI is InChI=1S/C13H27NO/c1-11(2)9-13(6-7-13)10-14-12(3)5-4-8-15/h11-12,14-15H,4-10H2,1-3H3. The van der Waals surface area contributed by atoms with E-state index in [9.17, 15) is 0 Å². The molecule has 2 nitrogen and oxygen atoms in total. The Morgan fingerprint density at radius 1 is 1.27 bits per heavy atom. The van der Waals surface area contributed by atoms with E-state index in [1.54, 1.807) is 0 Å². The summed E-state index contributed by atoms with van der Waals surface area (Å²) < 4.78 is 0. The third-order valence-electron chi connectivity index (χ3n) is 3.42. The van der Waals surface area contributed by atoms with Crippen LogP contribution in [0.4, 0.5) is 0 Å². The molecule has 0 aromatic rings. The van der Waals surface area contributed by atoms with E-state index in [2.05, 4.69) is 26.1 Å². The Morgan fingerprint density at radius 3 is 2.40 bits per heavy atom. The summed E-state index contributed by atoms with van der Waals surface area (Å²) in [6, 6.07) is 0.557. The Balaban J connectivity index is 2.13. The molecule has 1 atom stereocenters. The van der Waals surface area contributed by atoms with E-state index in [1.807, 2.05) is 0 Å². The van der Waals surface area contributed by atoms with Gasteiger partial charge in [0, 0.05) is 19.2 Å². The lowest BCUT2D eigenvalue weighted by Gasteiger charge is -2.21. The van der Waals surface area contributed by atoms with Crippen LogP contribution in [-0.4, -0.2) is 24.3 Å². The average molecular weight is 213 g/mol. The van der Waals surface area contributed by atoms with Crippen molar-refractivity contribution in [2.24, 2.45) is 11.3 Å². The summed E-state index contributed by atoms with van der Waals surface area (Å²) in [4.78, 5) is 0. The van der Waals surface area contributed by atoms with Gasteiger partial charge in [0.05, 0.1) is 0 Å².